The maximum Gasteiger partial charge on any atom is 0.471 e. The van der Waals surface area contributed by atoms with E-state index < -0.39 is 17.6 Å². The van der Waals surface area contributed by atoms with Gasteiger partial charge in [-0.3, -0.25) is 9.59 Å². The van der Waals surface area contributed by atoms with E-state index in [1.165, 1.54) is 0 Å². The molecule has 19 heavy (non-hydrogen) atoms. The fourth-order valence-electron chi connectivity index (χ4n) is 2.66. The molecule has 1 saturated carbocycles. The molecule has 1 fully saturated rings. The number of ketones is 1. The lowest BCUT2D eigenvalue weighted by Crippen LogP contribution is -2.55. The number of nitrogens with zero attached hydrogens (tertiary/aromatic N) is 1. The van der Waals surface area contributed by atoms with Gasteiger partial charge in [-0.15, -0.1) is 0 Å². The quantitative estimate of drug-likeness (QED) is 0.735. The van der Waals surface area contributed by atoms with Gasteiger partial charge in [0.1, 0.15) is 5.78 Å². The fourth-order valence-corrected chi connectivity index (χ4v) is 2.86. The van der Waals surface area contributed by atoms with Crippen LogP contribution in [0.4, 0.5) is 13.2 Å². The number of hydrogen-bond donors (Lipinski definition) is 0. The summed E-state index contributed by atoms with van der Waals surface area (Å²) < 4.78 is 37.7. The third kappa shape index (κ3) is 3.94. The summed E-state index contributed by atoms with van der Waals surface area (Å²) in [6, 6.07) is 0. The molecule has 0 heterocycles. The third-order valence-electron chi connectivity index (χ3n) is 3.72. The minimum absolute atomic E-state index is 0.0173. The highest BCUT2D eigenvalue weighted by Gasteiger charge is 2.49. The summed E-state index contributed by atoms with van der Waals surface area (Å²) in [5.74, 6) is -2.04. The maximum absolute atomic E-state index is 12.6. The SMILES string of the molecule is CN(C(=O)C(F)(F)F)C1(CC(=O)CBr)CCCCC1. The molecule has 7 heteroatoms. The fraction of sp³-hybridized carbons (Fsp3) is 0.833. The molecule has 0 atom stereocenters. The Balaban J connectivity index is 2.96. The first kappa shape index (κ1) is 16.5. The number of rotatable bonds is 4. The molecule has 0 radical (unpaired) electrons. The Kier molecular flexibility index (Phi) is 5.41. The number of amides is 1. The highest BCUT2D eigenvalue weighted by atomic mass is 79.9. The molecular weight excluding hydrogens is 327 g/mol. The van der Waals surface area contributed by atoms with Gasteiger partial charge in [-0.25, -0.2) is 0 Å². The molecule has 1 amide bonds. The average Bonchev–Trinajstić information content (AvgIpc) is 2.36. The lowest BCUT2D eigenvalue weighted by Gasteiger charge is -2.44. The van der Waals surface area contributed by atoms with E-state index in [-0.39, 0.29) is 17.5 Å². The number of carbonyl (C=O) groups excluding carboxylic acids is 2. The van der Waals surface area contributed by atoms with Crippen molar-refractivity contribution in [2.24, 2.45) is 0 Å². The predicted octanol–water partition coefficient (Wildman–Crippen LogP) is 3.06. The molecule has 1 rings (SSSR count). The van der Waals surface area contributed by atoms with Gasteiger partial charge in [-0.1, -0.05) is 35.2 Å². The van der Waals surface area contributed by atoms with Gasteiger partial charge >= 0.3 is 12.1 Å². The van der Waals surface area contributed by atoms with Crippen LogP contribution in [0.3, 0.4) is 0 Å². The number of alkyl halides is 4. The number of hydrogen-bond acceptors (Lipinski definition) is 2. The Labute approximate surface area is 118 Å². The molecular formula is C12H17BrF3NO2. The van der Waals surface area contributed by atoms with Crippen LogP contribution in [0, 0.1) is 0 Å². The second kappa shape index (κ2) is 6.24. The van der Waals surface area contributed by atoms with Crippen molar-refractivity contribution in [3.8, 4) is 0 Å². The van der Waals surface area contributed by atoms with Gasteiger partial charge in [0.25, 0.3) is 0 Å². The molecule has 0 bridgehead atoms. The van der Waals surface area contributed by atoms with E-state index in [0.29, 0.717) is 12.8 Å². The van der Waals surface area contributed by atoms with Crippen molar-refractivity contribution < 1.29 is 22.8 Å². The Morgan fingerprint density at radius 2 is 1.74 bits per heavy atom. The number of Topliss-reactive ketones (excluding diaryl/α,β-unsaturated/α-hetero) is 1. The van der Waals surface area contributed by atoms with Crippen LogP contribution in [0.15, 0.2) is 0 Å². The zero-order valence-corrected chi connectivity index (χ0v) is 12.3. The van der Waals surface area contributed by atoms with Crippen molar-refractivity contribution in [2.45, 2.75) is 50.2 Å². The summed E-state index contributed by atoms with van der Waals surface area (Å²) in [4.78, 5) is 23.8. The Hall–Kier alpha value is -0.590. The van der Waals surface area contributed by atoms with E-state index in [9.17, 15) is 22.8 Å². The van der Waals surface area contributed by atoms with Crippen molar-refractivity contribution >= 4 is 27.6 Å². The first-order valence-electron chi connectivity index (χ1n) is 6.15. The van der Waals surface area contributed by atoms with Gasteiger partial charge in [0, 0.05) is 19.0 Å². The van der Waals surface area contributed by atoms with Crippen LogP contribution in [-0.4, -0.2) is 40.7 Å². The van der Waals surface area contributed by atoms with E-state index >= 15 is 0 Å². The summed E-state index contributed by atoms with van der Waals surface area (Å²) in [5.41, 5.74) is -0.976. The van der Waals surface area contributed by atoms with Gasteiger partial charge in [-0.2, -0.15) is 13.2 Å². The highest BCUT2D eigenvalue weighted by Crippen LogP contribution is 2.38. The van der Waals surface area contributed by atoms with Crippen molar-refractivity contribution in [3.63, 3.8) is 0 Å². The number of halogens is 4. The first-order chi connectivity index (χ1) is 8.73. The van der Waals surface area contributed by atoms with Gasteiger partial charge in [0.05, 0.1) is 5.33 Å². The zero-order chi connectivity index (χ0) is 14.7. The molecule has 0 aromatic heterocycles. The molecule has 0 saturated heterocycles. The molecule has 110 valence electrons. The van der Waals surface area contributed by atoms with Crippen LogP contribution in [0.2, 0.25) is 0 Å². The topological polar surface area (TPSA) is 37.4 Å². The van der Waals surface area contributed by atoms with E-state index in [2.05, 4.69) is 15.9 Å². The van der Waals surface area contributed by atoms with Crippen LogP contribution in [0.1, 0.15) is 38.5 Å². The minimum Gasteiger partial charge on any atom is -0.332 e. The van der Waals surface area contributed by atoms with E-state index in [0.717, 1.165) is 31.2 Å². The van der Waals surface area contributed by atoms with Gasteiger partial charge in [-0.05, 0) is 12.8 Å². The molecule has 0 aromatic rings. The molecule has 0 aliphatic heterocycles. The largest absolute Gasteiger partial charge is 0.471 e. The van der Waals surface area contributed by atoms with Gasteiger partial charge in [0.15, 0.2) is 0 Å². The lowest BCUT2D eigenvalue weighted by atomic mass is 9.77. The van der Waals surface area contributed by atoms with Crippen LogP contribution < -0.4 is 0 Å². The highest BCUT2D eigenvalue weighted by molar-refractivity contribution is 9.09. The molecule has 1 aliphatic rings. The Morgan fingerprint density at radius 3 is 2.16 bits per heavy atom. The van der Waals surface area contributed by atoms with Crippen LogP contribution >= 0.6 is 15.9 Å². The zero-order valence-electron chi connectivity index (χ0n) is 10.7. The van der Waals surface area contributed by atoms with Crippen molar-refractivity contribution in [3.05, 3.63) is 0 Å². The van der Waals surface area contributed by atoms with E-state index in [1.54, 1.807) is 0 Å². The molecule has 0 N–H and O–H groups in total. The summed E-state index contributed by atoms with van der Waals surface area (Å²) in [7, 11) is 1.16. The van der Waals surface area contributed by atoms with Gasteiger partial charge < -0.3 is 4.90 Å². The summed E-state index contributed by atoms with van der Waals surface area (Å²) >= 11 is 3.02. The van der Waals surface area contributed by atoms with E-state index in [4.69, 9.17) is 0 Å². The molecule has 0 unspecified atom stereocenters. The van der Waals surface area contributed by atoms with Crippen molar-refractivity contribution in [2.75, 3.05) is 12.4 Å². The van der Waals surface area contributed by atoms with Crippen molar-refractivity contribution in [1.82, 2.24) is 4.90 Å². The minimum atomic E-state index is -4.89. The Bertz CT molecular complexity index is 351. The van der Waals surface area contributed by atoms with Gasteiger partial charge in [0.2, 0.25) is 0 Å². The standard InChI is InChI=1S/C12H17BrF3NO2/c1-17(10(19)12(14,15)16)11(7-9(18)8-13)5-3-2-4-6-11/h2-8H2,1H3. The summed E-state index contributed by atoms with van der Waals surface area (Å²) in [5, 5.41) is 0.1000. The molecule has 0 spiro atoms. The average molecular weight is 344 g/mol. The monoisotopic (exact) mass is 343 g/mol. The van der Waals surface area contributed by atoms with Crippen molar-refractivity contribution in [1.29, 1.82) is 0 Å². The maximum atomic E-state index is 12.6. The number of carbonyl (C=O) groups is 2. The summed E-state index contributed by atoms with van der Waals surface area (Å²) in [6.45, 7) is 0. The summed E-state index contributed by atoms with van der Waals surface area (Å²) in [6.07, 6.45) is -1.60. The third-order valence-corrected chi connectivity index (χ3v) is 4.34. The Morgan fingerprint density at radius 1 is 1.21 bits per heavy atom. The van der Waals surface area contributed by atoms with E-state index in [1.807, 2.05) is 0 Å². The van der Waals surface area contributed by atoms with Crippen LogP contribution in [0.5, 0.6) is 0 Å². The lowest BCUT2D eigenvalue weighted by molar-refractivity contribution is -0.191. The normalized spacial score (nSPS) is 19.0. The second-order valence-corrected chi connectivity index (χ2v) is 5.56. The smallest absolute Gasteiger partial charge is 0.332 e. The van der Waals surface area contributed by atoms with Crippen LogP contribution in [-0.2, 0) is 9.59 Å². The first-order valence-corrected chi connectivity index (χ1v) is 7.28. The second-order valence-electron chi connectivity index (χ2n) is 5.00. The van der Waals surface area contributed by atoms with Crippen LogP contribution in [0.25, 0.3) is 0 Å². The molecule has 3 nitrogen and oxygen atoms in total. The molecule has 0 aromatic carbocycles. The predicted molar refractivity (Wildman–Crippen MR) is 68.1 cm³/mol. The molecule has 1 aliphatic carbocycles.